The Morgan fingerprint density at radius 1 is 1.45 bits per heavy atom. The quantitative estimate of drug-likeness (QED) is 0.817. The lowest BCUT2D eigenvalue weighted by Gasteiger charge is -2.25. The monoisotopic (exact) mass is 311 g/mol. The summed E-state index contributed by atoms with van der Waals surface area (Å²) in [6.45, 7) is -0.961. The van der Waals surface area contributed by atoms with Gasteiger partial charge in [0.25, 0.3) is 5.91 Å². The molecule has 1 aliphatic heterocycles. The molecule has 0 aromatic carbocycles. The van der Waals surface area contributed by atoms with Gasteiger partial charge in [-0.3, -0.25) is 4.79 Å². The summed E-state index contributed by atoms with van der Waals surface area (Å²) in [5, 5.41) is 9.48. The predicted octanol–water partition coefficient (Wildman–Crippen LogP) is 1.22. The summed E-state index contributed by atoms with van der Waals surface area (Å²) in [6.07, 6.45) is -5.30. The summed E-state index contributed by atoms with van der Waals surface area (Å²) < 4.78 is 37.9. The van der Waals surface area contributed by atoms with Crippen LogP contribution in [0.4, 0.5) is 19.0 Å². The summed E-state index contributed by atoms with van der Waals surface area (Å²) in [7, 11) is 0. The Morgan fingerprint density at radius 2 is 2.10 bits per heavy atom. The van der Waals surface area contributed by atoms with Gasteiger partial charge in [0, 0.05) is 13.0 Å². The van der Waals surface area contributed by atoms with Crippen LogP contribution in [0.25, 0.3) is 0 Å². The first kappa shape index (κ1) is 16.5. The molecule has 1 aromatic heterocycles. The molecule has 1 aromatic rings. The SMILES string of the molecule is Cl.Nc1cccc(C(=O)N2CCC(O)(C(F)(F)F)C2)n1. The molecule has 3 N–H and O–H groups in total. The van der Waals surface area contributed by atoms with Gasteiger partial charge in [0.15, 0.2) is 5.60 Å². The molecule has 1 unspecified atom stereocenters. The van der Waals surface area contributed by atoms with Crippen molar-refractivity contribution in [2.24, 2.45) is 0 Å². The molecule has 9 heteroatoms. The third-order valence-electron chi connectivity index (χ3n) is 3.05. The number of nitrogens with two attached hydrogens (primary N) is 1. The van der Waals surface area contributed by atoms with Crippen LogP contribution in [0.3, 0.4) is 0 Å². The van der Waals surface area contributed by atoms with Crippen LogP contribution in [-0.4, -0.2) is 45.8 Å². The molecule has 0 aliphatic carbocycles. The van der Waals surface area contributed by atoms with Gasteiger partial charge in [-0.2, -0.15) is 13.2 Å². The molecule has 1 amide bonds. The van der Waals surface area contributed by atoms with Crippen molar-refractivity contribution in [2.45, 2.75) is 18.2 Å². The largest absolute Gasteiger partial charge is 0.419 e. The second kappa shape index (κ2) is 5.45. The highest BCUT2D eigenvalue weighted by atomic mass is 35.5. The lowest BCUT2D eigenvalue weighted by molar-refractivity contribution is -0.253. The normalized spacial score (nSPS) is 22.5. The molecule has 2 heterocycles. The summed E-state index contributed by atoms with van der Waals surface area (Å²) in [5.41, 5.74) is 2.53. The fraction of sp³-hybridized carbons (Fsp3) is 0.455. The number of carbonyl (C=O) groups is 1. The smallest absolute Gasteiger partial charge is 0.384 e. The van der Waals surface area contributed by atoms with Gasteiger partial charge in [-0.1, -0.05) is 6.07 Å². The first-order valence-electron chi connectivity index (χ1n) is 5.54. The zero-order chi connectivity index (χ0) is 14.3. The minimum Gasteiger partial charge on any atom is -0.384 e. The van der Waals surface area contributed by atoms with E-state index < -0.39 is 30.7 Å². The molecule has 1 aliphatic rings. The van der Waals surface area contributed by atoms with Gasteiger partial charge < -0.3 is 15.7 Å². The molecule has 1 atom stereocenters. The number of pyridine rings is 1. The Morgan fingerprint density at radius 3 is 2.60 bits per heavy atom. The van der Waals surface area contributed by atoms with Gasteiger partial charge in [-0.25, -0.2) is 4.98 Å². The maximum absolute atomic E-state index is 12.6. The molecule has 0 spiro atoms. The number of halogens is 4. The Hall–Kier alpha value is -1.54. The van der Waals surface area contributed by atoms with Crippen molar-refractivity contribution in [3.8, 4) is 0 Å². The van der Waals surface area contributed by atoms with Crippen molar-refractivity contribution in [1.82, 2.24) is 9.88 Å². The third-order valence-corrected chi connectivity index (χ3v) is 3.05. The first-order chi connectivity index (χ1) is 8.73. The van der Waals surface area contributed by atoms with Crippen LogP contribution >= 0.6 is 12.4 Å². The third kappa shape index (κ3) is 2.96. The number of nitrogens with zero attached hydrogens (tertiary/aromatic N) is 2. The zero-order valence-electron chi connectivity index (χ0n) is 10.2. The maximum Gasteiger partial charge on any atom is 0.419 e. The van der Waals surface area contributed by atoms with E-state index in [1.165, 1.54) is 18.2 Å². The molecular formula is C11H13ClF3N3O2. The number of alkyl halides is 3. The summed E-state index contributed by atoms with van der Waals surface area (Å²) in [6, 6.07) is 4.32. The number of β-amino-alcohol motifs (C(OH)–C–C–N with tert-alkyl or cyclic N) is 1. The molecule has 1 saturated heterocycles. The highest BCUT2D eigenvalue weighted by molar-refractivity contribution is 5.92. The Labute approximate surface area is 119 Å². The van der Waals surface area contributed by atoms with Crippen molar-refractivity contribution >= 4 is 24.1 Å². The molecule has 112 valence electrons. The van der Waals surface area contributed by atoms with E-state index in [4.69, 9.17) is 5.73 Å². The summed E-state index contributed by atoms with van der Waals surface area (Å²) in [4.78, 5) is 16.6. The minimum atomic E-state index is -4.76. The molecule has 2 rings (SSSR count). The number of hydrogen-bond acceptors (Lipinski definition) is 4. The molecule has 0 saturated carbocycles. The fourth-order valence-electron chi connectivity index (χ4n) is 1.93. The maximum atomic E-state index is 12.6. The number of hydrogen-bond donors (Lipinski definition) is 2. The number of nitrogen functional groups attached to an aromatic ring is 1. The molecule has 0 bridgehead atoms. The molecule has 5 nitrogen and oxygen atoms in total. The lowest BCUT2D eigenvalue weighted by atomic mass is 10.0. The van der Waals surface area contributed by atoms with Crippen molar-refractivity contribution < 1.29 is 23.1 Å². The van der Waals surface area contributed by atoms with Gasteiger partial charge in [0.2, 0.25) is 0 Å². The van der Waals surface area contributed by atoms with Crippen molar-refractivity contribution in [3.05, 3.63) is 23.9 Å². The van der Waals surface area contributed by atoms with E-state index in [2.05, 4.69) is 4.98 Å². The Kier molecular flexibility index (Phi) is 4.50. The van der Waals surface area contributed by atoms with E-state index in [9.17, 15) is 23.1 Å². The fourth-order valence-corrected chi connectivity index (χ4v) is 1.93. The Balaban J connectivity index is 0.00000200. The van der Waals surface area contributed by atoms with E-state index in [0.29, 0.717) is 0 Å². The second-order valence-electron chi connectivity index (χ2n) is 4.45. The predicted molar refractivity (Wildman–Crippen MR) is 67.4 cm³/mol. The van der Waals surface area contributed by atoms with Crippen LogP contribution < -0.4 is 5.73 Å². The highest BCUT2D eigenvalue weighted by Gasteiger charge is 2.57. The number of aromatic nitrogens is 1. The van der Waals surface area contributed by atoms with Crippen molar-refractivity contribution in [1.29, 1.82) is 0 Å². The standard InChI is InChI=1S/C11H12F3N3O2.ClH/c12-11(13,14)10(19)4-5-17(6-10)9(18)7-2-1-3-8(15)16-7;/h1-3,19H,4-6H2,(H2,15,16);1H. The highest BCUT2D eigenvalue weighted by Crippen LogP contribution is 2.37. The van der Waals surface area contributed by atoms with Gasteiger partial charge in [-0.15, -0.1) is 12.4 Å². The van der Waals surface area contributed by atoms with Crippen LogP contribution in [0.1, 0.15) is 16.9 Å². The Bertz CT molecular complexity index is 512. The van der Waals surface area contributed by atoms with Crippen LogP contribution in [0.2, 0.25) is 0 Å². The lowest BCUT2D eigenvalue weighted by Crippen LogP contribution is -2.48. The van der Waals surface area contributed by atoms with E-state index in [1.54, 1.807) is 0 Å². The first-order valence-corrected chi connectivity index (χ1v) is 5.54. The number of aliphatic hydroxyl groups is 1. The van der Waals surface area contributed by atoms with Crippen LogP contribution in [0.15, 0.2) is 18.2 Å². The van der Waals surface area contributed by atoms with Crippen LogP contribution in [0.5, 0.6) is 0 Å². The summed E-state index contributed by atoms with van der Waals surface area (Å²) >= 11 is 0. The molecule has 20 heavy (non-hydrogen) atoms. The zero-order valence-corrected chi connectivity index (χ0v) is 11.0. The number of carbonyl (C=O) groups excluding carboxylic acids is 1. The molecule has 0 radical (unpaired) electrons. The summed E-state index contributed by atoms with van der Waals surface area (Å²) in [5.74, 6) is -0.566. The number of amides is 1. The number of rotatable bonds is 1. The topological polar surface area (TPSA) is 79.5 Å². The van der Waals surface area contributed by atoms with E-state index in [1.807, 2.05) is 0 Å². The van der Waals surface area contributed by atoms with Gasteiger partial charge in [-0.05, 0) is 12.1 Å². The van der Waals surface area contributed by atoms with E-state index >= 15 is 0 Å². The van der Waals surface area contributed by atoms with E-state index in [0.717, 1.165) is 4.90 Å². The average Bonchev–Trinajstić information content (AvgIpc) is 2.72. The van der Waals surface area contributed by atoms with Crippen LogP contribution in [0, 0.1) is 0 Å². The van der Waals surface area contributed by atoms with Gasteiger partial charge in [0.05, 0.1) is 6.54 Å². The second-order valence-corrected chi connectivity index (χ2v) is 4.45. The van der Waals surface area contributed by atoms with Gasteiger partial charge >= 0.3 is 6.18 Å². The molecule has 1 fully saturated rings. The number of anilines is 1. The number of likely N-dealkylation sites (tertiary alicyclic amines) is 1. The average molecular weight is 312 g/mol. The van der Waals surface area contributed by atoms with Crippen LogP contribution in [-0.2, 0) is 0 Å². The minimum absolute atomic E-state index is 0. The molecular weight excluding hydrogens is 299 g/mol. The van der Waals surface area contributed by atoms with Gasteiger partial charge in [0.1, 0.15) is 11.5 Å². The van der Waals surface area contributed by atoms with Crippen molar-refractivity contribution in [2.75, 3.05) is 18.8 Å². The van der Waals surface area contributed by atoms with Crippen molar-refractivity contribution in [3.63, 3.8) is 0 Å². The van der Waals surface area contributed by atoms with E-state index in [-0.39, 0.29) is 30.5 Å².